The monoisotopic (exact) mass is 284 g/mol. The third-order valence-electron chi connectivity index (χ3n) is 2.32. The predicted molar refractivity (Wildman–Crippen MR) is 61.9 cm³/mol. The van der Waals surface area contributed by atoms with Gasteiger partial charge in [-0.15, -0.1) is 0 Å². The van der Waals surface area contributed by atoms with Gasteiger partial charge in [0.2, 0.25) is 5.91 Å². The summed E-state index contributed by atoms with van der Waals surface area (Å²) in [6, 6.07) is 0. The van der Waals surface area contributed by atoms with Crippen molar-refractivity contribution < 1.29 is 27.8 Å². The van der Waals surface area contributed by atoms with Gasteiger partial charge in [-0.3, -0.25) is 4.79 Å². The van der Waals surface area contributed by atoms with Gasteiger partial charge in [-0.25, -0.2) is 9.74 Å². The van der Waals surface area contributed by atoms with Gasteiger partial charge < -0.3 is 10.6 Å². The van der Waals surface area contributed by atoms with Crippen LogP contribution in [0.1, 0.15) is 33.1 Å². The molecule has 1 rings (SSSR count). The van der Waals surface area contributed by atoms with Gasteiger partial charge in [-0.05, 0) is 26.7 Å². The average Bonchev–Trinajstić information content (AvgIpc) is 2.79. The minimum absolute atomic E-state index is 0.208. The van der Waals surface area contributed by atoms with E-state index >= 15 is 0 Å². The van der Waals surface area contributed by atoms with Gasteiger partial charge in [0.15, 0.2) is 0 Å². The number of carbonyl (C=O) groups is 2. The summed E-state index contributed by atoms with van der Waals surface area (Å²) in [5.41, 5.74) is 5.40. The summed E-state index contributed by atoms with van der Waals surface area (Å²) in [5, 5.41) is 0. The second kappa shape index (κ2) is 7.98. The maximum atomic E-state index is 11.5. The Morgan fingerprint density at radius 3 is 2.05 bits per heavy atom. The van der Waals surface area contributed by atoms with E-state index in [0.717, 1.165) is 25.9 Å². The van der Waals surface area contributed by atoms with E-state index in [1.807, 2.05) is 18.7 Å². The van der Waals surface area contributed by atoms with Crippen molar-refractivity contribution in [2.45, 2.75) is 45.1 Å². The molecular weight excluding hydrogens is 265 g/mol. The first-order chi connectivity index (χ1) is 8.67. The first-order valence-electron chi connectivity index (χ1n) is 5.84. The smallest absolute Gasteiger partial charge is 0.343 e. The summed E-state index contributed by atoms with van der Waals surface area (Å²) < 4.78 is 31.7. The van der Waals surface area contributed by atoms with Gasteiger partial charge >= 0.3 is 12.4 Å². The number of halogens is 3. The Kier molecular flexibility index (Phi) is 7.43. The van der Waals surface area contributed by atoms with Crippen molar-refractivity contribution in [3.8, 4) is 0 Å². The van der Waals surface area contributed by atoms with Gasteiger partial charge in [0.05, 0.1) is 0 Å². The van der Waals surface area contributed by atoms with E-state index in [4.69, 9.17) is 10.5 Å². The zero-order chi connectivity index (χ0) is 15.1. The second-order valence-corrected chi connectivity index (χ2v) is 4.95. The summed E-state index contributed by atoms with van der Waals surface area (Å²) in [4.78, 5) is 24.7. The predicted octanol–water partition coefficient (Wildman–Crippen LogP) is 1.42. The fourth-order valence-electron chi connectivity index (χ4n) is 1.50. The molecule has 1 amide bonds. The minimum Gasteiger partial charge on any atom is -0.343 e. The Labute approximate surface area is 109 Å². The van der Waals surface area contributed by atoms with Crippen LogP contribution in [0.15, 0.2) is 0 Å². The van der Waals surface area contributed by atoms with Crippen molar-refractivity contribution in [1.29, 1.82) is 0 Å². The summed E-state index contributed by atoms with van der Waals surface area (Å²) in [6.07, 6.45) is -0.606. The SMILES string of the molecule is CC(C)(N)CC(=O)N1CCCC1.O=C(OF)C(F)F. The number of likely N-dealkylation sites (tertiary alicyclic amines) is 1. The zero-order valence-corrected chi connectivity index (χ0v) is 11.0. The molecule has 0 aromatic carbocycles. The molecule has 112 valence electrons. The molecule has 1 fully saturated rings. The number of alkyl halides is 2. The number of amides is 1. The Hall–Kier alpha value is -1.31. The van der Waals surface area contributed by atoms with Crippen molar-refractivity contribution in [2.24, 2.45) is 5.73 Å². The lowest BCUT2D eigenvalue weighted by Gasteiger charge is -2.22. The van der Waals surface area contributed by atoms with Crippen molar-refractivity contribution >= 4 is 11.9 Å². The highest BCUT2D eigenvalue weighted by Crippen LogP contribution is 2.12. The normalized spacial score (nSPS) is 15.0. The molecule has 0 saturated carbocycles. The molecule has 1 aliphatic heterocycles. The van der Waals surface area contributed by atoms with Crippen molar-refractivity contribution in [3.63, 3.8) is 0 Å². The number of hydrogen-bond donors (Lipinski definition) is 1. The van der Waals surface area contributed by atoms with Crippen LogP contribution < -0.4 is 5.73 Å². The van der Waals surface area contributed by atoms with Crippen LogP contribution >= 0.6 is 0 Å². The van der Waals surface area contributed by atoms with Crippen LogP contribution in [0.3, 0.4) is 0 Å². The van der Waals surface area contributed by atoms with Gasteiger partial charge in [-0.1, -0.05) is 0 Å². The van der Waals surface area contributed by atoms with Gasteiger partial charge in [0, 0.05) is 29.6 Å². The van der Waals surface area contributed by atoms with E-state index < -0.39 is 12.4 Å². The van der Waals surface area contributed by atoms with E-state index in [1.54, 1.807) is 0 Å². The van der Waals surface area contributed by atoms with Gasteiger partial charge in [0.1, 0.15) is 0 Å². The van der Waals surface area contributed by atoms with Gasteiger partial charge in [0.25, 0.3) is 0 Å². The van der Waals surface area contributed by atoms with Crippen molar-refractivity contribution in [3.05, 3.63) is 0 Å². The molecule has 8 heteroatoms. The Bertz CT molecular complexity index is 300. The zero-order valence-electron chi connectivity index (χ0n) is 11.0. The van der Waals surface area contributed by atoms with Crippen molar-refractivity contribution in [1.82, 2.24) is 4.90 Å². The van der Waals surface area contributed by atoms with Crippen LogP contribution in [0, 0.1) is 0 Å². The molecule has 0 bridgehead atoms. The van der Waals surface area contributed by atoms with E-state index in [2.05, 4.69) is 4.94 Å². The van der Waals surface area contributed by atoms with Crippen LogP contribution in [0.4, 0.5) is 13.3 Å². The molecule has 0 aromatic rings. The van der Waals surface area contributed by atoms with E-state index in [9.17, 15) is 18.1 Å². The molecule has 1 saturated heterocycles. The lowest BCUT2D eigenvalue weighted by atomic mass is 10.0. The lowest BCUT2D eigenvalue weighted by molar-refractivity contribution is -0.196. The van der Waals surface area contributed by atoms with Crippen molar-refractivity contribution in [2.75, 3.05) is 13.1 Å². The first kappa shape index (κ1) is 17.7. The quantitative estimate of drug-likeness (QED) is 0.850. The molecular formula is C11H19F3N2O3. The number of nitrogens with zero attached hydrogens (tertiary/aromatic N) is 1. The summed E-state index contributed by atoms with van der Waals surface area (Å²) in [6.45, 7) is 5.63. The van der Waals surface area contributed by atoms with E-state index in [0.29, 0.717) is 6.42 Å². The largest absolute Gasteiger partial charge is 0.414 e. The third kappa shape index (κ3) is 8.41. The van der Waals surface area contributed by atoms with Crippen LogP contribution in [0.2, 0.25) is 0 Å². The molecule has 0 spiro atoms. The summed E-state index contributed by atoms with van der Waals surface area (Å²) in [5.74, 6) is -1.94. The molecule has 0 aromatic heterocycles. The fraction of sp³-hybridized carbons (Fsp3) is 0.818. The molecule has 5 nitrogen and oxygen atoms in total. The van der Waals surface area contributed by atoms with Crippen LogP contribution in [-0.4, -0.2) is 41.8 Å². The Morgan fingerprint density at radius 2 is 1.79 bits per heavy atom. The summed E-state index contributed by atoms with van der Waals surface area (Å²) >= 11 is 0. The molecule has 0 aliphatic carbocycles. The standard InChI is InChI=1S/C9H18N2O.C2HF3O2/c1-9(2,10)7-8(12)11-5-3-4-6-11;3-1(4)2(6)7-5/h3-7,10H2,1-2H3;1H. The highest BCUT2D eigenvalue weighted by molar-refractivity contribution is 5.77. The molecule has 0 radical (unpaired) electrons. The molecule has 2 N–H and O–H groups in total. The number of rotatable bonds is 3. The molecule has 1 heterocycles. The third-order valence-corrected chi connectivity index (χ3v) is 2.32. The van der Waals surface area contributed by atoms with E-state index in [-0.39, 0.29) is 11.4 Å². The molecule has 1 aliphatic rings. The maximum Gasteiger partial charge on any atom is 0.414 e. The molecule has 19 heavy (non-hydrogen) atoms. The average molecular weight is 284 g/mol. The highest BCUT2D eigenvalue weighted by atomic mass is 19.3. The molecule has 0 atom stereocenters. The van der Waals surface area contributed by atoms with E-state index in [1.165, 1.54) is 0 Å². The number of carbonyl (C=O) groups excluding carboxylic acids is 2. The lowest BCUT2D eigenvalue weighted by Crippen LogP contribution is -2.40. The highest BCUT2D eigenvalue weighted by Gasteiger charge is 2.23. The van der Waals surface area contributed by atoms with Crippen LogP contribution in [0.5, 0.6) is 0 Å². The van der Waals surface area contributed by atoms with Crippen LogP contribution in [-0.2, 0) is 14.5 Å². The summed E-state index contributed by atoms with van der Waals surface area (Å²) in [7, 11) is 0. The Balaban J connectivity index is 0.000000399. The second-order valence-electron chi connectivity index (χ2n) is 4.95. The maximum absolute atomic E-state index is 11.5. The van der Waals surface area contributed by atoms with Gasteiger partial charge in [-0.2, -0.15) is 8.78 Å². The number of hydrogen-bond acceptors (Lipinski definition) is 4. The van der Waals surface area contributed by atoms with Crippen LogP contribution in [0.25, 0.3) is 0 Å². The fourth-order valence-corrected chi connectivity index (χ4v) is 1.50. The topological polar surface area (TPSA) is 72.6 Å². The first-order valence-corrected chi connectivity index (χ1v) is 5.84. The Morgan fingerprint density at radius 1 is 1.32 bits per heavy atom. The number of nitrogens with two attached hydrogens (primary N) is 1. The minimum atomic E-state index is -3.37. The molecule has 0 unspecified atom stereocenters.